The van der Waals surface area contributed by atoms with Crippen molar-refractivity contribution in [3.05, 3.63) is 30.1 Å². The normalized spacial score (nSPS) is 28.0. The molecule has 2 fully saturated rings. The number of rotatable bonds is 5. The van der Waals surface area contributed by atoms with E-state index in [4.69, 9.17) is 0 Å². The molecule has 154 valence electrons. The lowest BCUT2D eigenvalue weighted by molar-refractivity contribution is -1.00. The van der Waals surface area contributed by atoms with Gasteiger partial charge in [-0.3, -0.25) is 9.59 Å². The molecule has 0 aliphatic carbocycles. The summed E-state index contributed by atoms with van der Waals surface area (Å²) in [7, 11) is 0. The van der Waals surface area contributed by atoms with Gasteiger partial charge in [-0.2, -0.15) is 0 Å². The van der Waals surface area contributed by atoms with Gasteiger partial charge >= 0.3 is 0 Å². The molecule has 1 aromatic carbocycles. The van der Waals surface area contributed by atoms with Crippen LogP contribution in [-0.4, -0.2) is 68.1 Å². The molecule has 6 nitrogen and oxygen atoms in total. The van der Waals surface area contributed by atoms with Gasteiger partial charge in [0.05, 0.1) is 0 Å². The lowest BCUT2D eigenvalue weighted by Gasteiger charge is -2.39. The molecular weight excluding hydrogens is 359 g/mol. The van der Waals surface area contributed by atoms with Crippen molar-refractivity contribution in [3.8, 4) is 0 Å². The third kappa shape index (κ3) is 5.52. The van der Waals surface area contributed by atoms with Crippen molar-refractivity contribution in [2.75, 3.05) is 44.6 Å². The highest BCUT2D eigenvalue weighted by Gasteiger charge is 2.33. The van der Waals surface area contributed by atoms with Crippen LogP contribution in [0, 0.1) is 5.82 Å². The van der Waals surface area contributed by atoms with Gasteiger partial charge in [0, 0.05) is 17.8 Å². The van der Waals surface area contributed by atoms with Crippen LogP contribution in [0.3, 0.4) is 0 Å². The second-order valence-electron chi connectivity index (χ2n) is 8.34. The van der Waals surface area contributed by atoms with E-state index in [0.29, 0.717) is 30.9 Å². The van der Waals surface area contributed by atoms with Gasteiger partial charge in [0.25, 0.3) is 11.8 Å². The molecule has 0 aromatic heterocycles. The lowest BCUT2D eigenvalue weighted by Crippen LogP contribution is -3.28. The average molecular weight is 393 g/mol. The third-order valence-corrected chi connectivity index (χ3v) is 6.09. The Hall–Kier alpha value is -1.99. The summed E-state index contributed by atoms with van der Waals surface area (Å²) in [6.07, 6.45) is 3.42. The minimum Gasteiger partial charge on any atom is -0.332 e. The molecule has 0 saturated carbocycles. The van der Waals surface area contributed by atoms with Crippen LogP contribution in [0.2, 0.25) is 0 Å². The average Bonchev–Trinajstić information content (AvgIpc) is 2.65. The molecule has 3 rings (SSSR count). The van der Waals surface area contributed by atoms with E-state index >= 15 is 0 Å². The van der Waals surface area contributed by atoms with Gasteiger partial charge in [0.1, 0.15) is 32.0 Å². The quantitative estimate of drug-likeness (QED) is 0.623. The van der Waals surface area contributed by atoms with E-state index in [1.54, 1.807) is 12.1 Å². The molecule has 0 unspecified atom stereocenters. The highest BCUT2D eigenvalue weighted by atomic mass is 19.1. The van der Waals surface area contributed by atoms with Gasteiger partial charge in [-0.15, -0.1) is 0 Å². The summed E-state index contributed by atoms with van der Waals surface area (Å²) in [5.74, 6) is -0.102. The second-order valence-corrected chi connectivity index (χ2v) is 8.34. The van der Waals surface area contributed by atoms with E-state index < -0.39 is 0 Å². The van der Waals surface area contributed by atoms with Gasteiger partial charge in [-0.25, -0.2) is 4.39 Å². The molecule has 2 aliphatic heterocycles. The van der Waals surface area contributed by atoms with Crippen molar-refractivity contribution in [2.24, 2.45) is 0 Å². The minimum absolute atomic E-state index is 0.0582. The molecule has 28 heavy (non-hydrogen) atoms. The molecule has 3 N–H and O–H groups in total. The number of likely N-dealkylation sites (tertiary alicyclic amines) is 1. The topological polar surface area (TPSA) is 58.3 Å². The first-order valence-corrected chi connectivity index (χ1v) is 10.5. The predicted octanol–water partition coefficient (Wildman–Crippen LogP) is -0.663. The summed E-state index contributed by atoms with van der Waals surface area (Å²) in [4.78, 5) is 29.6. The van der Waals surface area contributed by atoms with Crippen LogP contribution >= 0.6 is 0 Å². The van der Waals surface area contributed by atoms with Gasteiger partial charge in [0.2, 0.25) is 0 Å². The van der Waals surface area contributed by atoms with Crippen molar-refractivity contribution < 1.29 is 23.8 Å². The standard InChI is InChI=1S/C21H31FN4O2/c1-16-4-3-5-17(2)26(16)21(28)15-25-12-10-24(11-13-25)14-20(27)23-19-8-6-18(22)7-9-19/h6-9,16-17H,3-5,10-15H2,1-2H3,(H,23,27)/p+2/t16-,17-/m1/s1. The van der Waals surface area contributed by atoms with Gasteiger partial charge in [0.15, 0.2) is 13.1 Å². The number of nitrogens with zero attached hydrogens (tertiary/aromatic N) is 1. The molecule has 2 heterocycles. The lowest BCUT2D eigenvalue weighted by atomic mass is 9.97. The Balaban J connectivity index is 1.41. The van der Waals surface area contributed by atoms with E-state index in [0.717, 1.165) is 39.0 Å². The maximum Gasteiger partial charge on any atom is 0.279 e. The summed E-state index contributed by atoms with van der Waals surface area (Å²) in [5, 5.41) is 2.82. The fraction of sp³-hybridized carbons (Fsp3) is 0.619. The summed E-state index contributed by atoms with van der Waals surface area (Å²) in [6, 6.07) is 6.50. The Labute approximate surface area is 166 Å². The number of hydrogen-bond acceptors (Lipinski definition) is 2. The summed E-state index contributed by atoms with van der Waals surface area (Å²) in [6.45, 7) is 8.84. The molecule has 2 atom stereocenters. The minimum atomic E-state index is -0.314. The number of amides is 2. The number of carbonyl (C=O) groups excluding carboxylic acids is 2. The highest BCUT2D eigenvalue weighted by molar-refractivity contribution is 5.91. The van der Waals surface area contributed by atoms with E-state index in [9.17, 15) is 14.0 Å². The monoisotopic (exact) mass is 392 g/mol. The summed E-state index contributed by atoms with van der Waals surface area (Å²) >= 11 is 0. The number of hydrogen-bond donors (Lipinski definition) is 3. The van der Waals surface area contributed by atoms with Crippen molar-refractivity contribution in [2.45, 2.75) is 45.2 Å². The zero-order valence-electron chi connectivity index (χ0n) is 17.0. The van der Waals surface area contributed by atoms with Crippen molar-refractivity contribution >= 4 is 17.5 Å². The summed E-state index contributed by atoms with van der Waals surface area (Å²) < 4.78 is 12.9. The van der Waals surface area contributed by atoms with E-state index in [-0.39, 0.29) is 17.6 Å². The van der Waals surface area contributed by atoms with Crippen LogP contribution in [0.4, 0.5) is 10.1 Å². The van der Waals surface area contributed by atoms with Crippen LogP contribution in [0.15, 0.2) is 24.3 Å². The zero-order valence-corrected chi connectivity index (χ0v) is 17.0. The molecule has 1 aromatic rings. The first-order valence-electron chi connectivity index (χ1n) is 10.5. The van der Waals surface area contributed by atoms with E-state index in [2.05, 4.69) is 24.1 Å². The molecule has 0 spiro atoms. The smallest absolute Gasteiger partial charge is 0.279 e. The van der Waals surface area contributed by atoms with Crippen LogP contribution < -0.4 is 15.1 Å². The molecule has 2 aliphatic rings. The fourth-order valence-corrected chi connectivity index (χ4v) is 4.49. The number of halogens is 1. The van der Waals surface area contributed by atoms with Crippen molar-refractivity contribution in [3.63, 3.8) is 0 Å². The molecule has 0 bridgehead atoms. The maximum absolute atomic E-state index is 12.9. The molecule has 2 saturated heterocycles. The number of benzene rings is 1. The number of carbonyl (C=O) groups is 2. The number of piperidine rings is 1. The molecule has 7 heteroatoms. The Morgan fingerprint density at radius 3 is 2.11 bits per heavy atom. The molecular formula is C21H33FN4O2+2. The van der Waals surface area contributed by atoms with Gasteiger partial charge in [-0.1, -0.05) is 0 Å². The second kappa shape index (κ2) is 9.47. The Kier molecular flexibility index (Phi) is 7.02. The third-order valence-electron chi connectivity index (χ3n) is 6.09. The SMILES string of the molecule is C[C@@H]1CCC[C@@H](C)N1C(=O)C[NH+]1CC[NH+](CC(=O)Nc2ccc(F)cc2)CC1. The molecule has 0 radical (unpaired) electrons. The number of anilines is 1. The number of quaternary nitrogens is 2. The fourth-order valence-electron chi connectivity index (χ4n) is 4.49. The Morgan fingerprint density at radius 1 is 1.00 bits per heavy atom. The highest BCUT2D eigenvalue weighted by Crippen LogP contribution is 2.22. The largest absolute Gasteiger partial charge is 0.332 e. The number of piperazine rings is 1. The van der Waals surface area contributed by atoms with Crippen LogP contribution in [0.5, 0.6) is 0 Å². The van der Waals surface area contributed by atoms with Crippen LogP contribution in [0.25, 0.3) is 0 Å². The maximum atomic E-state index is 12.9. The van der Waals surface area contributed by atoms with Gasteiger partial charge < -0.3 is 20.0 Å². The Bertz CT molecular complexity index is 663. The Morgan fingerprint density at radius 2 is 1.54 bits per heavy atom. The first kappa shape index (κ1) is 20.7. The van der Waals surface area contributed by atoms with Crippen LogP contribution in [-0.2, 0) is 9.59 Å². The number of nitrogens with one attached hydrogen (secondary N) is 3. The van der Waals surface area contributed by atoms with Crippen molar-refractivity contribution in [1.29, 1.82) is 0 Å². The van der Waals surface area contributed by atoms with Crippen molar-refractivity contribution in [1.82, 2.24) is 4.90 Å². The first-order chi connectivity index (χ1) is 13.4. The van der Waals surface area contributed by atoms with Gasteiger partial charge in [-0.05, 0) is 57.4 Å². The summed E-state index contributed by atoms with van der Waals surface area (Å²) in [5.41, 5.74) is 0.616. The predicted molar refractivity (Wildman–Crippen MR) is 106 cm³/mol. The van der Waals surface area contributed by atoms with E-state index in [1.165, 1.54) is 28.4 Å². The van der Waals surface area contributed by atoms with Crippen LogP contribution in [0.1, 0.15) is 33.1 Å². The molecule has 2 amide bonds. The van der Waals surface area contributed by atoms with E-state index in [1.807, 2.05) is 0 Å². The zero-order chi connectivity index (χ0) is 20.1.